The molecule has 0 aliphatic carbocycles. The van der Waals surface area contributed by atoms with Gasteiger partial charge in [0.25, 0.3) is 11.9 Å². The maximum absolute atomic E-state index is 12.0. The number of nitrogens with zero attached hydrogens (tertiary/aromatic N) is 5. The van der Waals surface area contributed by atoms with Crippen molar-refractivity contribution < 1.29 is 17.9 Å². The molecule has 0 bridgehead atoms. The molecule has 1 amide bonds. The first kappa shape index (κ1) is 21.1. The molecule has 0 aliphatic heterocycles. The summed E-state index contributed by atoms with van der Waals surface area (Å²) in [6, 6.07) is 13.9. The number of methoxy groups -OCH3 is 1. The zero-order chi connectivity index (χ0) is 22.9. The summed E-state index contributed by atoms with van der Waals surface area (Å²) < 4.78 is 30.6. The Labute approximate surface area is 182 Å². The number of anilines is 1. The Morgan fingerprint density at radius 3 is 2.50 bits per heavy atom. The summed E-state index contributed by atoms with van der Waals surface area (Å²) in [4.78, 5) is 20.2. The van der Waals surface area contributed by atoms with E-state index in [1.165, 1.54) is 23.8 Å². The molecule has 0 atom stereocenters. The number of sulfonamides is 1. The maximum atomic E-state index is 12.0. The Morgan fingerprint density at radius 1 is 1.09 bits per heavy atom. The fourth-order valence-corrected chi connectivity index (χ4v) is 3.78. The number of aromatic nitrogens is 5. The van der Waals surface area contributed by atoms with Gasteiger partial charge in [-0.25, -0.2) is 18.1 Å². The van der Waals surface area contributed by atoms with Gasteiger partial charge in [0.05, 0.1) is 12.6 Å². The number of ether oxygens (including phenoxy) is 1. The predicted molar refractivity (Wildman–Crippen MR) is 115 cm³/mol. The van der Waals surface area contributed by atoms with Crippen molar-refractivity contribution in [2.75, 3.05) is 12.4 Å². The van der Waals surface area contributed by atoms with E-state index in [2.05, 4.69) is 25.5 Å². The summed E-state index contributed by atoms with van der Waals surface area (Å²) in [5.41, 5.74) is 6.60. The highest BCUT2D eigenvalue weighted by Gasteiger charge is 2.23. The van der Waals surface area contributed by atoms with Gasteiger partial charge in [0.15, 0.2) is 11.5 Å². The van der Waals surface area contributed by atoms with Gasteiger partial charge in [0.1, 0.15) is 10.4 Å². The van der Waals surface area contributed by atoms with E-state index in [0.29, 0.717) is 12.1 Å². The number of hydrogen-bond donors (Lipinski definition) is 3. The first-order valence-corrected chi connectivity index (χ1v) is 10.7. The molecule has 2 heterocycles. The van der Waals surface area contributed by atoms with Crippen molar-refractivity contribution >= 4 is 32.8 Å². The van der Waals surface area contributed by atoms with Gasteiger partial charge in [-0.15, -0.1) is 10.2 Å². The van der Waals surface area contributed by atoms with Gasteiger partial charge in [-0.1, -0.05) is 36.4 Å². The van der Waals surface area contributed by atoms with E-state index in [9.17, 15) is 13.2 Å². The van der Waals surface area contributed by atoms with Crippen molar-refractivity contribution in [1.82, 2.24) is 24.7 Å². The molecule has 32 heavy (non-hydrogen) atoms. The van der Waals surface area contributed by atoms with Gasteiger partial charge in [-0.3, -0.25) is 4.79 Å². The molecule has 0 saturated heterocycles. The largest absolute Gasteiger partial charge is 0.468 e. The third-order valence-corrected chi connectivity index (χ3v) is 5.46. The molecule has 0 spiro atoms. The van der Waals surface area contributed by atoms with Crippen LogP contribution in [0.5, 0.6) is 6.01 Å². The zero-order valence-corrected chi connectivity index (χ0v) is 17.6. The van der Waals surface area contributed by atoms with Crippen molar-refractivity contribution in [3.63, 3.8) is 0 Å². The summed E-state index contributed by atoms with van der Waals surface area (Å²) in [7, 11) is -2.69. The quantitative estimate of drug-likeness (QED) is 0.360. The van der Waals surface area contributed by atoms with Crippen molar-refractivity contribution in [3.05, 3.63) is 59.8 Å². The Bertz CT molecular complexity index is 1420. The van der Waals surface area contributed by atoms with Crippen LogP contribution < -0.4 is 20.9 Å². The van der Waals surface area contributed by atoms with E-state index in [1.54, 1.807) is 6.07 Å². The molecule has 0 saturated carbocycles. The van der Waals surface area contributed by atoms with E-state index in [4.69, 9.17) is 15.6 Å². The van der Waals surface area contributed by atoms with Crippen LogP contribution in [0.25, 0.3) is 17.0 Å². The van der Waals surface area contributed by atoms with Crippen LogP contribution in [-0.2, 0) is 16.6 Å². The fraction of sp³-hybridized carbons (Fsp3) is 0.105. The molecule has 4 aromatic rings. The second-order valence-corrected chi connectivity index (χ2v) is 8.15. The highest BCUT2D eigenvalue weighted by Crippen LogP contribution is 2.29. The van der Waals surface area contributed by atoms with Crippen LogP contribution in [0.1, 0.15) is 16.1 Å². The van der Waals surface area contributed by atoms with Crippen LogP contribution in [0.4, 0.5) is 5.82 Å². The number of benzene rings is 2. The third-order valence-electron chi connectivity index (χ3n) is 4.52. The van der Waals surface area contributed by atoms with Gasteiger partial charge in [0.2, 0.25) is 10.0 Å². The van der Waals surface area contributed by atoms with E-state index in [0.717, 1.165) is 5.56 Å². The van der Waals surface area contributed by atoms with Crippen LogP contribution in [0.3, 0.4) is 0 Å². The number of rotatable bonds is 7. The average molecular weight is 454 g/mol. The maximum Gasteiger partial charge on any atom is 0.304 e. The number of nitrogens with one attached hydrogen (secondary N) is 1. The molecular weight excluding hydrogens is 436 g/mol. The molecule has 13 heteroatoms. The van der Waals surface area contributed by atoms with Gasteiger partial charge in [0, 0.05) is 6.54 Å². The van der Waals surface area contributed by atoms with Crippen LogP contribution >= 0.6 is 0 Å². The average Bonchev–Trinajstić information content (AvgIpc) is 3.16. The van der Waals surface area contributed by atoms with E-state index in [1.807, 2.05) is 30.3 Å². The Morgan fingerprint density at radius 2 is 1.84 bits per heavy atom. The lowest BCUT2D eigenvalue weighted by molar-refractivity contribution is 0.0995. The number of nitrogens with two attached hydrogens (primary N) is 2. The Hall–Kier alpha value is -4.10. The van der Waals surface area contributed by atoms with Gasteiger partial charge < -0.3 is 15.8 Å². The Kier molecular flexibility index (Phi) is 5.42. The second-order valence-electron chi connectivity index (χ2n) is 6.62. The summed E-state index contributed by atoms with van der Waals surface area (Å²) in [6.07, 6.45) is 0. The molecule has 12 nitrogen and oxygen atoms in total. The van der Waals surface area contributed by atoms with E-state index >= 15 is 0 Å². The molecule has 0 aliphatic rings. The number of amides is 1. The lowest BCUT2D eigenvalue weighted by Crippen LogP contribution is -2.20. The predicted octanol–water partition coefficient (Wildman–Crippen LogP) is 0.578. The third kappa shape index (κ3) is 3.93. The summed E-state index contributed by atoms with van der Waals surface area (Å²) >= 11 is 0. The first-order chi connectivity index (χ1) is 15.3. The second kappa shape index (κ2) is 8.20. The molecule has 4 rings (SSSR count). The van der Waals surface area contributed by atoms with E-state index in [-0.39, 0.29) is 33.9 Å². The number of imidazole rings is 1. The van der Waals surface area contributed by atoms with Crippen molar-refractivity contribution in [2.24, 2.45) is 10.9 Å². The molecule has 0 radical (unpaired) electrons. The summed E-state index contributed by atoms with van der Waals surface area (Å²) in [5, 5.41) is 16.2. The number of hydrogen-bond acceptors (Lipinski definition) is 9. The van der Waals surface area contributed by atoms with Crippen LogP contribution in [0.15, 0.2) is 53.4 Å². The number of carbonyl (C=O) groups is 1. The number of primary sulfonamides is 1. The standard InChI is InChI=1S/C19H18N8O4S/c1-31-19-23-14-12(8-5-9-13(14)32(21,29)30)27(19)18-24-17(15(16(20)28)25-26-18)22-10-11-6-3-2-4-7-11/h2-9H,10H2,1H3,(H2,20,28)(H2,21,29,30)(H,22,24,26). The van der Waals surface area contributed by atoms with Crippen molar-refractivity contribution in [3.8, 4) is 12.0 Å². The Balaban J connectivity index is 1.85. The van der Waals surface area contributed by atoms with Crippen molar-refractivity contribution in [2.45, 2.75) is 11.4 Å². The lowest BCUT2D eigenvalue weighted by Gasteiger charge is -2.11. The minimum Gasteiger partial charge on any atom is -0.468 e. The van der Waals surface area contributed by atoms with E-state index < -0.39 is 15.9 Å². The molecular formula is C19H18N8O4S. The van der Waals surface area contributed by atoms with Crippen molar-refractivity contribution in [1.29, 1.82) is 0 Å². The van der Waals surface area contributed by atoms with Gasteiger partial charge >= 0.3 is 6.01 Å². The normalized spacial score (nSPS) is 11.4. The minimum absolute atomic E-state index is 0.00117. The number of fused-ring (bicyclic) bond motifs is 1. The molecule has 2 aromatic carbocycles. The smallest absolute Gasteiger partial charge is 0.304 e. The molecule has 2 aromatic heterocycles. The van der Waals surface area contributed by atoms with Crippen LogP contribution in [0.2, 0.25) is 0 Å². The van der Waals surface area contributed by atoms with Gasteiger partial charge in [-0.05, 0) is 17.7 Å². The number of primary amides is 1. The summed E-state index contributed by atoms with van der Waals surface area (Å²) in [6.45, 7) is 0.344. The zero-order valence-electron chi connectivity index (χ0n) is 16.8. The highest BCUT2D eigenvalue weighted by atomic mass is 32.2. The molecule has 5 N–H and O–H groups in total. The highest BCUT2D eigenvalue weighted by molar-refractivity contribution is 7.89. The number of para-hydroxylation sites is 1. The van der Waals surface area contributed by atoms with Crippen LogP contribution in [-0.4, -0.2) is 46.2 Å². The molecule has 0 fully saturated rings. The van der Waals surface area contributed by atoms with Gasteiger partial charge in [-0.2, -0.15) is 9.97 Å². The molecule has 0 unspecified atom stereocenters. The fourth-order valence-electron chi connectivity index (χ4n) is 3.10. The minimum atomic E-state index is -4.05. The topological polar surface area (TPSA) is 181 Å². The monoisotopic (exact) mass is 454 g/mol. The number of carbonyl (C=O) groups excluding carboxylic acids is 1. The molecule has 164 valence electrons. The SMILES string of the molecule is COc1nc2c(S(N)(=O)=O)cccc2n1-c1nnc(C(N)=O)c(NCc2ccccc2)n1. The van der Waals surface area contributed by atoms with Crippen LogP contribution in [0, 0.1) is 0 Å². The lowest BCUT2D eigenvalue weighted by atomic mass is 10.2. The first-order valence-electron chi connectivity index (χ1n) is 9.20. The summed E-state index contributed by atoms with van der Waals surface area (Å²) in [5.74, 6) is -0.736.